The molecule has 4 rings (SSSR count). The number of ether oxygens (including phenoxy) is 1. The predicted octanol–water partition coefficient (Wildman–Crippen LogP) is 1.95. The number of amides is 1. The largest absolute Gasteiger partial charge is 0.449 e. The van der Waals surface area contributed by atoms with Crippen LogP contribution < -0.4 is 10.9 Å². The molecule has 7 heteroatoms. The second-order valence-corrected chi connectivity index (χ2v) is 7.36. The standard InChI is InChI=1S/C20H23N3O4/c1-12(18(24)21-14-7-8-14)27-20(26)13-6-9-15-16(11-13)22-17-5-3-2-4-10-23(17)19(15)25/h6,9,11-12,14H,2-5,7-8,10H2,1H3,(H,21,24). The Morgan fingerprint density at radius 1 is 1.26 bits per heavy atom. The maximum absolute atomic E-state index is 12.7. The number of hydrogen-bond donors (Lipinski definition) is 1. The maximum Gasteiger partial charge on any atom is 0.338 e. The number of hydrogen-bond acceptors (Lipinski definition) is 5. The minimum Gasteiger partial charge on any atom is -0.449 e. The fraction of sp³-hybridized carbons (Fsp3) is 0.500. The van der Waals surface area contributed by atoms with E-state index in [4.69, 9.17) is 4.74 Å². The van der Waals surface area contributed by atoms with Gasteiger partial charge in [0.25, 0.3) is 11.5 Å². The molecule has 1 aliphatic carbocycles. The fourth-order valence-electron chi connectivity index (χ4n) is 3.37. The number of benzene rings is 1. The fourth-order valence-corrected chi connectivity index (χ4v) is 3.37. The summed E-state index contributed by atoms with van der Waals surface area (Å²) in [7, 11) is 0. The molecule has 0 radical (unpaired) electrons. The molecule has 142 valence electrons. The van der Waals surface area contributed by atoms with Crippen molar-refractivity contribution < 1.29 is 14.3 Å². The normalized spacial score (nSPS) is 17.7. The van der Waals surface area contributed by atoms with E-state index in [1.165, 1.54) is 0 Å². The zero-order chi connectivity index (χ0) is 19.0. The van der Waals surface area contributed by atoms with Crippen molar-refractivity contribution in [3.05, 3.63) is 39.9 Å². The molecule has 1 saturated carbocycles. The summed E-state index contributed by atoms with van der Waals surface area (Å²) in [5.74, 6) is -0.104. The first-order valence-electron chi connectivity index (χ1n) is 9.58. The Morgan fingerprint density at radius 3 is 2.85 bits per heavy atom. The summed E-state index contributed by atoms with van der Waals surface area (Å²) in [6.07, 6.45) is 4.92. The third-order valence-corrected chi connectivity index (χ3v) is 5.13. The summed E-state index contributed by atoms with van der Waals surface area (Å²) >= 11 is 0. The van der Waals surface area contributed by atoms with Gasteiger partial charge in [0.1, 0.15) is 5.82 Å². The van der Waals surface area contributed by atoms with Gasteiger partial charge in [0, 0.05) is 19.0 Å². The molecule has 7 nitrogen and oxygen atoms in total. The zero-order valence-electron chi connectivity index (χ0n) is 15.4. The highest BCUT2D eigenvalue weighted by Crippen LogP contribution is 2.19. The molecule has 2 aliphatic rings. The Morgan fingerprint density at radius 2 is 2.07 bits per heavy atom. The Labute approximate surface area is 156 Å². The first-order chi connectivity index (χ1) is 13.0. The Kier molecular flexibility index (Phi) is 4.68. The van der Waals surface area contributed by atoms with E-state index in [0.717, 1.165) is 44.3 Å². The maximum atomic E-state index is 12.7. The highest BCUT2D eigenvalue weighted by molar-refractivity contribution is 5.95. The summed E-state index contributed by atoms with van der Waals surface area (Å²) in [6, 6.07) is 4.97. The molecule has 1 N–H and O–H groups in total. The molecule has 1 aromatic carbocycles. The monoisotopic (exact) mass is 369 g/mol. The van der Waals surface area contributed by atoms with Crippen LogP contribution in [0.4, 0.5) is 0 Å². The van der Waals surface area contributed by atoms with Crippen molar-refractivity contribution in [2.24, 2.45) is 0 Å². The highest BCUT2D eigenvalue weighted by atomic mass is 16.5. The molecule has 2 aromatic rings. The van der Waals surface area contributed by atoms with Crippen LogP contribution in [0.25, 0.3) is 10.9 Å². The molecule has 1 atom stereocenters. The van der Waals surface area contributed by atoms with Crippen LogP contribution >= 0.6 is 0 Å². The van der Waals surface area contributed by atoms with Crippen molar-refractivity contribution in [3.8, 4) is 0 Å². The lowest BCUT2D eigenvalue weighted by Crippen LogP contribution is -2.37. The third kappa shape index (κ3) is 3.72. The number of rotatable bonds is 4. The van der Waals surface area contributed by atoms with Crippen molar-refractivity contribution in [3.63, 3.8) is 0 Å². The lowest BCUT2D eigenvalue weighted by Gasteiger charge is -2.14. The van der Waals surface area contributed by atoms with Crippen LogP contribution in [0, 0.1) is 0 Å². The Balaban J connectivity index is 1.58. The van der Waals surface area contributed by atoms with Gasteiger partial charge < -0.3 is 10.1 Å². The zero-order valence-corrected chi connectivity index (χ0v) is 15.4. The smallest absolute Gasteiger partial charge is 0.338 e. The predicted molar refractivity (Wildman–Crippen MR) is 99.6 cm³/mol. The highest BCUT2D eigenvalue weighted by Gasteiger charge is 2.27. The van der Waals surface area contributed by atoms with Crippen molar-refractivity contribution in [1.29, 1.82) is 0 Å². The van der Waals surface area contributed by atoms with Gasteiger partial charge in [0.05, 0.1) is 16.5 Å². The van der Waals surface area contributed by atoms with Gasteiger partial charge in [-0.15, -0.1) is 0 Å². The van der Waals surface area contributed by atoms with Crippen molar-refractivity contribution in [1.82, 2.24) is 14.9 Å². The molecule has 0 saturated heterocycles. The van der Waals surface area contributed by atoms with E-state index in [0.29, 0.717) is 23.0 Å². The molecular formula is C20H23N3O4. The number of fused-ring (bicyclic) bond motifs is 2. The number of carbonyl (C=O) groups is 2. The van der Waals surface area contributed by atoms with Crippen LogP contribution in [0.2, 0.25) is 0 Å². The summed E-state index contributed by atoms with van der Waals surface area (Å²) in [5.41, 5.74) is 0.728. The summed E-state index contributed by atoms with van der Waals surface area (Å²) in [4.78, 5) is 41.7. The van der Waals surface area contributed by atoms with Crippen LogP contribution in [0.1, 0.15) is 55.2 Å². The molecule has 1 unspecified atom stereocenters. The van der Waals surface area contributed by atoms with Crippen molar-refractivity contribution >= 4 is 22.8 Å². The van der Waals surface area contributed by atoms with Crippen LogP contribution in [0.5, 0.6) is 0 Å². The number of esters is 1. The molecular weight excluding hydrogens is 346 g/mol. The Hall–Kier alpha value is -2.70. The van der Waals surface area contributed by atoms with Crippen LogP contribution in [0.3, 0.4) is 0 Å². The van der Waals surface area contributed by atoms with E-state index in [9.17, 15) is 14.4 Å². The van der Waals surface area contributed by atoms with Gasteiger partial charge in [-0.05, 0) is 50.8 Å². The Bertz CT molecular complexity index is 962. The minimum absolute atomic E-state index is 0.0611. The molecule has 1 amide bonds. The van der Waals surface area contributed by atoms with Gasteiger partial charge in [-0.1, -0.05) is 6.42 Å². The average Bonchev–Trinajstić information content (AvgIpc) is 3.48. The van der Waals surface area contributed by atoms with Crippen molar-refractivity contribution in [2.75, 3.05) is 0 Å². The second kappa shape index (κ2) is 7.13. The minimum atomic E-state index is -0.862. The quantitative estimate of drug-likeness (QED) is 0.832. The van der Waals surface area contributed by atoms with Gasteiger partial charge in [0.2, 0.25) is 0 Å². The summed E-state index contributed by atoms with van der Waals surface area (Å²) < 4.78 is 7.02. The van der Waals surface area contributed by atoms with E-state index < -0.39 is 12.1 Å². The van der Waals surface area contributed by atoms with E-state index in [-0.39, 0.29) is 17.5 Å². The molecule has 2 heterocycles. The number of aryl methyl sites for hydroxylation is 1. The number of nitrogens with zero attached hydrogens (tertiary/aromatic N) is 2. The average molecular weight is 369 g/mol. The lowest BCUT2D eigenvalue weighted by molar-refractivity contribution is -0.129. The van der Waals surface area contributed by atoms with Crippen molar-refractivity contribution in [2.45, 2.75) is 64.1 Å². The van der Waals surface area contributed by atoms with E-state index in [2.05, 4.69) is 10.3 Å². The van der Waals surface area contributed by atoms with Gasteiger partial charge in [0.15, 0.2) is 6.10 Å². The molecule has 1 aliphatic heterocycles. The van der Waals surface area contributed by atoms with Crippen LogP contribution in [-0.4, -0.2) is 33.6 Å². The first-order valence-corrected chi connectivity index (χ1v) is 9.58. The molecule has 0 bridgehead atoms. The number of nitrogens with one attached hydrogen (secondary N) is 1. The number of aromatic nitrogens is 2. The van der Waals surface area contributed by atoms with E-state index in [1.54, 1.807) is 29.7 Å². The van der Waals surface area contributed by atoms with Gasteiger partial charge in [-0.25, -0.2) is 9.78 Å². The lowest BCUT2D eigenvalue weighted by atomic mass is 10.1. The van der Waals surface area contributed by atoms with Crippen LogP contribution in [-0.2, 0) is 22.5 Å². The molecule has 1 fully saturated rings. The summed E-state index contributed by atoms with van der Waals surface area (Å²) in [5, 5.41) is 3.31. The second-order valence-electron chi connectivity index (χ2n) is 7.36. The molecule has 1 aromatic heterocycles. The summed E-state index contributed by atoms with van der Waals surface area (Å²) in [6.45, 7) is 2.25. The number of carbonyl (C=O) groups excluding carboxylic acids is 2. The SMILES string of the molecule is CC(OC(=O)c1ccc2c(=O)n3c(nc2c1)CCCCC3)C(=O)NC1CC1. The first kappa shape index (κ1) is 17.7. The van der Waals surface area contributed by atoms with Gasteiger partial charge in [-0.2, -0.15) is 0 Å². The molecule has 27 heavy (non-hydrogen) atoms. The third-order valence-electron chi connectivity index (χ3n) is 5.13. The van der Waals surface area contributed by atoms with E-state index in [1.807, 2.05) is 0 Å². The van der Waals surface area contributed by atoms with E-state index >= 15 is 0 Å². The molecule has 0 spiro atoms. The topological polar surface area (TPSA) is 90.3 Å². The van der Waals surface area contributed by atoms with Gasteiger partial charge >= 0.3 is 5.97 Å². The van der Waals surface area contributed by atoms with Gasteiger partial charge in [-0.3, -0.25) is 14.2 Å². The van der Waals surface area contributed by atoms with Crippen LogP contribution in [0.15, 0.2) is 23.0 Å².